The topological polar surface area (TPSA) is 21.3 Å². The third-order valence-corrected chi connectivity index (χ3v) is 2.45. The molecule has 1 aromatic rings. The molecule has 1 unspecified atom stereocenters. The molecule has 0 amide bonds. The number of rotatable bonds is 2. The van der Waals surface area contributed by atoms with Crippen molar-refractivity contribution in [1.29, 1.82) is 0 Å². The lowest BCUT2D eigenvalue weighted by Crippen LogP contribution is -2.30. The van der Waals surface area contributed by atoms with E-state index in [1.54, 1.807) is 0 Å². The molecule has 0 bridgehead atoms. The van der Waals surface area contributed by atoms with E-state index in [2.05, 4.69) is 5.32 Å². The van der Waals surface area contributed by atoms with Crippen LogP contribution in [0.2, 0.25) is 0 Å². The van der Waals surface area contributed by atoms with E-state index in [-0.39, 0.29) is 6.04 Å². The summed E-state index contributed by atoms with van der Waals surface area (Å²) in [6.07, 6.45) is 1.93. The van der Waals surface area contributed by atoms with Gasteiger partial charge in [0, 0.05) is 18.7 Å². The lowest BCUT2D eigenvalue weighted by molar-refractivity contribution is 0.0875. The Morgan fingerprint density at radius 1 is 1.33 bits per heavy atom. The number of benzene rings is 1. The summed E-state index contributed by atoms with van der Waals surface area (Å²) in [4.78, 5) is 0. The summed E-state index contributed by atoms with van der Waals surface area (Å²) in [5.41, 5.74) is 0.340. The minimum Gasteiger partial charge on any atom is -0.379 e. The van der Waals surface area contributed by atoms with Gasteiger partial charge in [0.2, 0.25) is 0 Å². The van der Waals surface area contributed by atoms with Gasteiger partial charge in [-0.1, -0.05) is 0 Å². The lowest BCUT2D eigenvalue weighted by Gasteiger charge is -2.24. The van der Waals surface area contributed by atoms with Crippen molar-refractivity contribution < 1.29 is 13.5 Å². The van der Waals surface area contributed by atoms with Gasteiger partial charge in [-0.05, 0) is 25.0 Å². The Balaban J connectivity index is 2.03. The zero-order chi connectivity index (χ0) is 10.7. The third kappa shape index (κ3) is 2.65. The number of halogens is 2. The fourth-order valence-electron chi connectivity index (χ4n) is 1.68. The maximum Gasteiger partial charge on any atom is 0.149 e. The van der Waals surface area contributed by atoms with Crippen LogP contribution in [0.5, 0.6) is 0 Å². The van der Waals surface area contributed by atoms with Gasteiger partial charge in [0.05, 0.1) is 12.3 Å². The third-order valence-electron chi connectivity index (χ3n) is 2.45. The molecule has 1 saturated heterocycles. The molecule has 0 aliphatic carbocycles. The Labute approximate surface area is 87.2 Å². The quantitative estimate of drug-likeness (QED) is 0.815. The molecule has 1 fully saturated rings. The Morgan fingerprint density at radius 3 is 2.87 bits per heavy atom. The Bertz CT molecular complexity index is 337. The van der Waals surface area contributed by atoms with Crippen molar-refractivity contribution in [3.8, 4) is 0 Å². The molecule has 1 aliphatic rings. The van der Waals surface area contributed by atoms with Gasteiger partial charge in [0.25, 0.3) is 0 Å². The van der Waals surface area contributed by atoms with Crippen molar-refractivity contribution in [2.75, 3.05) is 18.5 Å². The molecule has 2 rings (SSSR count). The zero-order valence-corrected chi connectivity index (χ0v) is 8.30. The van der Waals surface area contributed by atoms with Crippen LogP contribution in [0.15, 0.2) is 18.2 Å². The van der Waals surface area contributed by atoms with Gasteiger partial charge in [-0.2, -0.15) is 0 Å². The second kappa shape index (κ2) is 4.57. The molecule has 1 aliphatic heterocycles. The SMILES string of the molecule is Fc1ccc(NC2CCCOC2)c(F)c1. The molecule has 2 nitrogen and oxygen atoms in total. The summed E-state index contributed by atoms with van der Waals surface area (Å²) >= 11 is 0. The van der Waals surface area contributed by atoms with Crippen molar-refractivity contribution in [3.05, 3.63) is 29.8 Å². The standard InChI is InChI=1S/C11H13F2NO/c12-8-3-4-11(10(13)6-8)14-9-2-1-5-15-7-9/h3-4,6,9,14H,1-2,5,7H2. The average molecular weight is 213 g/mol. The van der Waals surface area contributed by atoms with E-state index < -0.39 is 11.6 Å². The summed E-state index contributed by atoms with van der Waals surface area (Å²) in [6, 6.07) is 3.67. The molecular formula is C11H13F2NO. The first-order valence-electron chi connectivity index (χ1n) is 5.05. The molecule has 0 saturated carbocycles. The van der Waals surface area contributed by atoms with Gasteiger partial charge < -0.3 is 10.1 Å². The first kappa shape index (κ1) is 10.4. The number of nitrogens with one attached hydrogen (secondary N) is 1. The molecule has 0 spiro atoms. The van der Waals surface area contributed by atoms with E-state index in [9.17, 15) is 8.78 Å². The van der Waals surface area contributed by atoms with Gasteiger partial charge in [-0.3, -0.25) is 0 Å². The summed E-state index contributed by atoms with van der Waals surface area (Å²) in [5.74, 6) is -1.11. The van der Waals surface area contributed by atoms with E-state index in [4.69, 9.17) is 4.74 Å². The maximum absolute atomic E-state index is 13.3. The van der Waals surface area contributed by atoms with E-state index in [1.165, 1.54) is 12.1 Å². The lowest BCUT2D eigenvalue weighted by atomic mass is 10.1. The van der Waals surface area contributed by atoms with Crippen molar-refractivity contribution in [3.63, 3.8) is 0 Å². The summed E-state index contributed by atoms with van der Waals surface area (Å²) in [5, 5.41) is 3.01. The number of hydrogen-bond acceptors (Lipinski definition) is 2. The Morgan fingerprint density at radius 2 is 2.20 bits per heavy atom. The molecule has 15 heavy (non-hydrogen) atoms. The largest absolute Gasteiger partial charge is 0.379 e. The maximum atomic E-state index is 13.3. The molecule has 4 heteroatoms. The second-order valence-corrected chi connectivity index (χ2v) is 3.68. The van der Waals surface area contributed by atoms with Crippen LogP contribution in [0, 0.1) is 11.6 Å². The smallest absolute Gasteiger partial charge is 0.149 e. The fraction of sp³-hybridized carbons (Fsp3) is 0.455. The van der Waals surface area contributed by atoms with E-state index in [0.29, 0.717) is 12.3 Å². The van der Waals surface area contributed by atoms with Crippen LogP contribution in [-0.4, -0.2) is 19.3 Å². The highest BCUT2D eigenvalue weighted by molar-refractivity contribution is 5.45. The van der Waals surface area contributed by atoms with Crippen LogP contribution in [0.3, 0.4) is 0 Å². The predicted octanol–water partition coefficient (Wildman–Crippen LogP) is 2.56. The highest BCUT2D eigenvalue weighted by atomic mass is 19.1. The van der Waals surface area contributed by atoms with Crippen LogP contribution in [-0.2, 0) is 4.74 Å². The molecule has 0 aromatic heterocycles. The van der Waals surface area contributed by atoms with Gasteiger partial charge in [-0.25, -0.2) is 8.78 Å². The second-order valence-electron chi connectivity index (χ2n) is 3.68. The van der Waals surface area contributed by atoms with Crippen molar-refractivity contribution in [2.24, 2.45) is 0 Å². The first-order chi connectivity index (χ1) is 7.25. The molecule has 1 N–H and O–H groups in total. The van der Waals surface area contributed by atoms with Crippen LogP contribution in [0.1, 0.15) is 12.8 Å². The van der Waals surface area contributed by atoms with Crippen LogP contribution < -0.4 is 5.32 Å². The highest BCUT2D eigenvalue weighted by Crippen LogP contribution is 2.18. The van der Waals surface area contributed by atoms with Crippen molar-refractivity contribution in [1.82, 2.24) is 0 Å². The van der Waals surface area contributed by atoms with Crippen molar-refractivity contribution in [2.45, 2.75) is 18.9 Å². The molecule has 1 atom stereocenters. The summed E-state index contributed by atoms with van der Waals surface area (Å²) in [7, 11) is 0. The highest BCUT2D eigenvalue weighted by Gasteiger charge is 2.15. The molecule has 82 valence electrons. The number of anilines is 1. The molecule has 1 heterocycles. The molecule has 1 aromatic carbocycles. The summed E-state index contributed by atoms with van der Waals surface area (Å²) in [6.45, 7) is 1.35. The minimum atomic E-state index is -0.557. The molecule has 0 radical (unpaired) electrons. The number of ether oxygens (including phenoxy) is 1. The average Bonchev–Trinajstić information content (AvgIpc) is 2.24. The van der Waals surface area contributed by atoms with Crippen LogP contribution >= 0.6 is 0 Å². The van der Waals surface area contributed by atoms with Gasteiger partial charge in [0.1, 0.15) is 11.6 Å². The van der Waals surface area contributed by atoms with E-state index in [1.807, 2.05) is 0 Å². The van der Waals surface area contributed by atoms with Gasteiger partial charge in [0.15, 0.2) is 0 Å². The van der Waals surface area contributed by atoms with Crippen LogP contribution in [0.25, 0.3) is 0 Å². The Kier molecular flexibility index (Phi) is 3.16. The first-order valence-corrected chi connectivity index (χ1v) is 5.05. The normalized spacial score (nSPS) is 21.3. The van der Waals surface area contributed by atoms with Crippen molar-refractivity contribution >= 4 is 5.69 Å². The van der Waals surface area contributed by atoms with E-state index >= 15 is 0 Å². The minimum absolute atomic E-state index is 0.124. The monoisotopic (exact) mass is 213 g/mol. The fourth-order valence-corrected chi connectivity index (χ4v) is 1.68. The van der Waals surface area contributed by atoms with Crippen LogP contribution in [0.4, 0.5) is 14.5 Å². The Hall–Kier alpha value is -1.16. The molecular weight excluding hydrogens is 200 g/mol. The zero-order valence-electron chi connectivity index (χ0n) is 8.30. The van der Waals surface area contributed by atoms with E-state index in [0.717, 1.165) is 25.5 Å². The van der Waals surface area contributed by atoms with Gasteiger partial charge >= 0.3 is 0 Å². The predicted molar refractivity (Wildman–Crippen MR) is 53.8 cm³/mol. The van der Waals surface area contributed by atoms with Gasteiger partial charge in [-0.15, -0.1) is 0 Å². The number of hydrogen-bond donors (Lipinski definition) is 1. The summed E-state index contributed by atoms with van der Waals surface area (Å²) < 4.78 is 31.2.